The van der Waals surface area contributed by atoms with Crippen LogP contribution >= 0.6 is 11.3 Å². The van der Waals surface area contributed by atoms with Crippen LogP contribution in [0.4, 0.5) is 0 Å². The number of esters is 1. The lowest BCUT2D eigenvalue weighted by Gasteiger charge is -2.05. The van der Waals surface area contributed by atoms with E-state index in [1.54, 1.807) is 30.5 Å². The Morgan fingerprint density at radius 3 is 2.95 bits per heavy atom. The molecule has 0 atom stereocenters. The average molecular weight is 273 g/mol. The van der Waals surface area contributed by atoms with Gasteiger partial charge < -0.3 is 4.74 Å². The summed E-state index contributed by atoms with van der Waals surface area (Å²) in [6.45, 7) is 1.97. The second-order valence-corrected chi connectivity index (χ2v) is 4.96. The lowest BCUT2D eigenvalue weighted by atomic mass is 10.2. The first-order valence-electron chi connectivity index (χ1n) is 5.91. The molecule has 4 nitrogen and oxygen atoms in total. The van der Waals surface area contributed by atoms with Crippen LogP contribution in [0.5, 0.6) is 0 Å². The number of nitrogens with zero attached hydrogens (tertiary/aromatic N) is 1. The smallest absolute Gasteiger partial charge is 0.343 e. The van der Waals surface area contributed by atoms with Crippen LogP contribution < -0.4 is 5.56 Å². The summed E-state index contributed by atoms with van der Waals surface area (Å²) in [6, 6.07) is 7.19. The van der Waals surface area contributed by atoms with E-state index in [1.807, 2.05) is 17.5 Å². The number of hydrogen-bond donors (Lipinski definition) is 0. The van der Waals surface area contributed by atoms with Gasteiger partial charge in [0.15, 0.2) is 0 Å². The molecule has 3 rings (SSSR count). The average Bonchev–Trinajstić information content (AvgIpc) is 2.87. The maximum atomic E-state index is 12.3. The summed E-state index contributed by atoms with van der Waals surface area (Å²) in [4.78, 5) is 24.0. The van der Waals surface area contributed by atoms with Crippen molar-refractivity contribution in [2.75, 3.05) is 6.61 Å². The third-order valence-electron chi connectivity index (χ3n) is 2.94. The summed E-state index contributed by atoms with van der Waals surface area (Å²) < 4.78 is 7.41. The summed E-state index contributed by atoms with van der Waals surface area (Å²) in [5.74, 6) is -0.576. The topological polar surface area (TPSA) is 47.8 Å². The van der Waals surface area contributed by atoms with Crippen LogP contribution in [0.25, 0.3) is 15.6 Å². The van der Waals surface area contributed by atoms with E-state index in [0.29, 0.717) is 0 Å². The van der Waals surface area contributed by atoms with E-state index in [-0.39, 0.29) is 17.7 Å². The van der Waals surface area contributed by atoms with Gasteiger partial charge in [-0.05, 0) is 42.0 Å². The van der Waals surface area contributed by atoms with Gasteiger partial charge in [0.1, 0.15) is 5.56 Å². The molecule has 19 heavy (non-hydrogen) atoms. The predicted octanol–water partition coefficient (Wildman–Crippen LogP) is 2.69. The van der Waals surface area contributed by atoms with Crippen molar-refractivity contribution in [3.05, 3.63) is 51.8 Å². The molecule has 0 saturated carbocycles. The van der Waals surface area contributed by atoms with Gasteiger partial charge in [-0.3, -0.25) is 9.20 Å². The first kappa shape index (κ1) is 11.9. The lowest BCUT2D eigenvalue weighted by molar-refractivity contribution is 0.0524. The highest BCUT2D eigenvalue weighted by Crippen LogP contribution is 2.24. The molecule has 5 heteroatoms. The number of rotatable bonds is 2. The van der Waals surface area contributed by atoms with Gasteiger partial charge in [0.2, 0.25) is 0 Å². The molecular weight excluding hydrogens is 262 g/mol. The predicted molar refractivity (Wildman–Crippen MR) is 75.0 cm³/mol. The molecule has 0 aliphatic carbocycles. The second kappa shape index (κ2) is 4.51. The van der Waals surface area contributed by atoms with Gasteiger partial charge in [0.25, 0.3) is 5.56 Å². The molecule has 0 spiro atoms. The number of ether oxygens (including phenoxy) is 1. The molecule has 3 aromatic rings. The Morgan fingerprint density at radius 2 is 2.16 bits per heavy atom. The van der Waals surface area contributed by atoms with Crippen LogP contribution in [0.3, 0.4) is 0 Å². The van der Waals surface area contributed by atoms with Gasteiger partial charge in [-0.25, -0.2) is 4.79 Å². The van der Waals surface area contributed by atoms with Crippen molar-refractivity contribution in [2.45, 2.75) is 6.92 Å². The third-order valence-corrected chi connectivity index (χ3v) is 3.90. The lowest BCUT2D eigenvalue weighted by Crippen LogP contribution is -2.23. The number of pyridine rings is 2. The minimum absolute atomic E-state index is 0.0651. The first-order valence-corrected chi connectivity index (χ1v) is 6.79. The van der Waals surface area contributed by atoms with E-state index < -0.39 is 5.97 Å². The zero-order valence-electron chi connectivity index (χ0n) is 10.3. The zero-order chi connectivity index (χ0) is 13.4. The molecule has 0 aliphatic rings. The van der Waals surface area contributed by atoms with Crippen LogP contribution in [0, 0.1) is 0 Å². The summed E-state index contributed by atoms with van der Waals surface area (Å²) in [7, 11) is 0. The molecule has 0 N–H and O–H groups in total. The van der Waals surface area contributed by atoms with E-state index in [9.17, 15) is 9.59 Å². The molecule has 0 fully saturated rings. The van der Waals surface area contributed by atoms with Gasteiger partial charge >= 0.3 is 5.97 Å². The Bertz CT molecular complexity index is 831. The monoisotopic (exact) mass is 273 g/mol. The van der Waals surface area contributed by atoms with Crippen molar-refractivity contribution >= 4 is 32.9 Å². The fourth-order valence-electron chi connectivity index (χ4n) is 2.06. The molecule has 0 aromatic carbocycles. The summed E-state index contributed by atoms with van der Waals surface area (Å²) in [5, 5.41) is 3.07. The number of carbonyl (C=O) groups excluding carboxylic acids is 1. The maximum absolute atomic E-state index is 12.3. The Labute approximate surface area is 112 Å². The molecule has 0 bridgehead atoms. The van der Waals surface area contributed by atoms with E-state index in [0.717, 1.165) is 15.6 Å². The van der Waals surface area contributed by atoms with E-state index in [1.165, 1.54) is 10.5 Å². The van der Waals surface area contributed by atoms with Crippen molar-refractivity contribution in [1.82, 2.24) is 4.40 Å². The van der Waals surface area contributed by atoms with Crippen molar-refractivity contribution in [2.24, 2.45) is 0 Å². The Hall–Kier alpha value is -2.14. The van der Waals surface area contributed by atoms with E-state index in [4.69, 9.17) is 4.74 Å². The number of hydrogen-bond acceptors (Lipinski definition) is 4. The molecule has 3 aromatic heterocycles. The van der Waals surface area contributed by atoms with Crippen LogP contribution in [-0.4, -0.2) is 17.0 Å². The molecule has 96 valence electrons. The van der Waals surface area contributed by atoms with Crippen molar-refractivity contribution in [1.29, 1.82) is 0 Å². The van der Waals surface area contributed by atoms with Crippen LogP contribution in [0.15, 0.2) is 40.6 Å². The molecule has 0 radical (unpaired) electrons. The van der Waals surface area contributed by atoms with Crippen LogP contribution in [0.1, 0.15) is 17.3 Å². The molecular formula is C14H11NO3S. The summed E-state index contributed by atoms with van der Waals surface area (Å²) >= 11 is 1.57. The molecule has 0 amide bonds. The molecule has 0 aliphatic heterocycles. The molecule has 0 saturated heterocycles. The number of carbonyl (C=O) groups is 1. The summed E-state index contributed by atoms with van der Waals surface area (Å²) in [6.07, 6.45) is 1.69. The zero-order valence-corrected chi connectivity index (χ0v) is 11.1. The molecule has 3 heterocycles. The number of fused-ring (bicyclic) bond motifs is 3. The first-order chi connectivity index (χ1) is 9.22. The Kier molecular flexibility index (Phi) is 2.83. The number of thiophene rings is 1. The van der Waals surface area contributed by atoms with Crippen LogP contribution in [-0.2, 0) is 4.74 Å². The third kappa shape index (κ3) is 1.82. The van der Waals surface area contributed by atoms with E-state index in [2.05, 4.69) is 0 Å². The van der Waals surface area contributed by atoms with Gasteiger partial charge in [-0.15, -0.1) is 11.3 Å². The quantitative estimate of drug-likeness (QED) is 0.674. The molecule has 0 unspecified atom stereocenters. The Balaban J connectivity index is 2.30. The highest BCUT2D eigenvalue weighted by atomic mass is 32.1. The fourth-order valence-corrected chi connectivity index (χ4v) is 2.97. The normalized spacial score (nSPS) is 11.0. The van der Waals surface area contributed by atoms with Gasteiger partial charge in [0, 0.05) is 6.20 Å². The fraction of sp³-hybridized carbons (Fsp3) is 0.143. The van der Waals surface area contributed by atoms with Gasteiger partial charge in [0.05, 0.1) is 16.8 Å². The SMILES string of the molecule is CCOC(=O)c1ccc2c3sccc3ccn2c1=O. The minimum atomic E-state index is -0.576. The van der Waals surface area contributed by atoms with Gasteiger partial charge in [-0.1, -0.05) is 0 Å². The Morgan fingerprint density at radius 1 is 1.32 bits per heavy atom. The van der Waals surface area contributed by atoms with E-state index >= 15 is 0 Å². The standard InChI is InChI=1S/C14H11NO3S/c1-2-18-14(17)10-3-4-11-12-9(6-8-19-12)5-7-15(11)13(10)16/h3-8H,2H2,1H3. The highest BCUT2D eigenvalue weighted by Gasteiger charge is 2.14. The number of aromatic nitrogens is 1. The van der Waals surface area contributed by atoms with Crippen molar-refractivity contribution < 1.29 is 9.53 Å². The van der Waals surface area contributed by atoms with Crippen LogP contribution in [0.2, 0.25) is 0 Å². The highest BCUT2D eigenvalue weighted by molar-refractivity contribution is 7.18. The van der Waals surface area contributed by atoms with Crippen molar-refractivity contribution in [3.8, 4) is 0 Å². The second-order valence-electron chi connectivity index (χ2n) is 4.05. The van der Waals surface area contributed by atoms with Gasteiger partial charge in [-0.2, -0.15) is 0 Å². The largest absolute Gasteiger partial charge is 0.462 e. The summed E-state index contributed by atoms with van der Waals surface area (Å²) in [5.41, 5.74) is 0.534. The maximum Gasteiger partial charge on any atom is 0.343 e. The minimum Gasteiger partial charge on any atom is -0.462 e. The van der Waals surface area contributed by atoms with Crippen molar-refractivity contribution in [3.63, 3.8) is 0 Å².